The topological polar surface area (TPSA) is 77.8 Å². The van der Waals surface area contributed by atoms with Gasteiger partial charge in [0.25, 0.3) is 5.89 Å². The standard InChI is InChI=1S/C15H14N4O/c1-9-7-11(16)3-4-13(9)15-18-14(19-20-15)12-5-6-17-8-10(12)2/h3-8H,16H2,1-2H3. The van der Waals surface area contributed by atoms with Gasteiger partial charge in [-0.25, -0.2) is 0 Å². The monoisotopic (exact) mass is 266 g/mol. The van der Waals surface area contributed by atoms with Crippen LogP contribution in [-0.2, 0) is 0 Å². The number of benzene rings is 1. The van der Waals surface area contributed by atoms with Gasteiger partial charge in [0.1, 0.15) is 0 Å². The van der Waals surface area contributed by atoms with Crippen molar-refractivity contribution in [3.8, 4) is 22.8 Å². The third-order valence-electron chi connectivity index (χ3n) is 3.17. The highest BCUT2D eigenvalue weighted by molar-refractivity contribution is 5.65. The van der Waals surface area contributed by atoms with Gasteiger partial charge in [-0.15, -0.1) is 0 Å². The lowest BCUT2D eigenvalue weighted by atomic mass is 10.1. The number of nitrogens with zero attached hydrogens (tertiary/aromatic N) is 3. The van der Waals surface area contributed by atoms with Gasteiger partial charge in [0.05, 0.1) is 0 Å². The van der Waals surface area contributed by atoms with Crippen molar-refractivity contribution in [2.45, 2.75) is 13.8 Å². The Bertz CT molecular complexity index is 764. The van der Waals surface area contributed by atoms with Crippen molar-refractivity contribution in [2.75, 3.05) is 5.73 Å². The van der Waals surface area contributed by atoms with E-state index in [2.05, 4.69) is 15.1 Å². The third kappa shape index (κ3) is 2.14. The lowest BCUT2D eigenvalue weighted by Crippen LogP contribution is -1.89. The smallest absolute Gasteiger partial charge is 0.258 e. The Kier molecular flexibility index (Phi) is 2.95. The number of anilines is 1. The van der Waals surface area contributed by atoms with Gasteiger partial charge in [-0.05, 0) is 49.2 Å². The fraction of sp³-hybridized carbons (Fsp3) is 0.133. The molecule has 0 unspecified atom stereocenters. The van der Waals surface area contributed by atoms with Gasteiger partial charge in [-0.2, -0.15) is 4.98 Å². The molecule has 0 bridgehead atoms. The van der Waals surface area contributed by atoms with Crippen LogP contribution in [0.25, 0.3) is 22.8 Å². The number of aryl methyl sites for hydroxylation is 2. The molecular weight excluding hydrogens is 252 g/mol. The number of nitrogens with two attached hydrogens (primary N) is 1. The average Bonchev–Trinajstić information content (AvgIpc) is 2.88. The number of hydrogen-bond acceptors (Lipinski definition) is 5. The maximum Gasteiger partial charge on any atom is 0.258 e. The van der Waals surface area contributed by atoms with E-state index >= 15 is 0 Å². The maximum atomic E-state index is 5.75. The molecule has 0 radical (unpaired) electrons. The van der Waals surface area contributed by atoms with Gasteiger partial charge >= 0.3 is 0 Å². The summed E-state index contributed by atoms with van der Waals surface area (Å²) in [6, 6.07) is 7.47. The third-order valence-corrected chi connectivity index (χ3v) is 3.17. The molecule has 0 amide bonds. The molecule has 0 aliphatic rings. The predicted octanol–water partition coefficient (Wildman–Crippen LogP) is 3.00. The van der Waals surface area contributed by atoms with Crippen molar-refractivity contribution in [3.05, 3.63) is 47.8 Å². The molecule has 0 saturated carbocycles. The second-order valence-corrected chi connectivity index (χ2v) is 4.69. The van der Waals surface area contributed by atoms with Crippen molar-refractivity contribution < 1.29 is 4.52 Å². The van der Waals surface area contributed by atoms with Crippen molar-refractivity contribution in [3.63, 3.8) is 0 Å². The largest absolute Gasteiger partial charge is 0.399 e. The quantitative estimate of drug-likeness (QED) is 0.721. The first-order valence-electron chi connectivity index (χ1n) is 6.26. The van der Waals surface area contributed by atoms with Crippen LogP contribution in [0.2, 0.25) is 0 Å². The summed E-state index contributed by atoms with van der Waals surface area (Å²) in [5, 5.41) is 4.04. The molecule has 2 aromatic heterocycles. The van der Waals surface area contributed by atoms with E-state index in [1.807, 2.05) is 38.1 Å². The molecule has 2 N–H and O–H groups in total. The molecule has 20 heavy (non-hydrogen) atoms. The Labute approximate surface area is 116 Å². The molecule has 2 heterocycles. The summed E-state index contributed by atoms with van der Waals surface area (Å²) in [5.41, 5.74) is 10.3. The van der Waals surface area contributed by atoms with E-state index in [-0.39, 0.29) is 0 Å². The first kappa shape index (κ1) is 12.3. The SMILES string of the molecule is Cc1cnccc1-c1noc(-c2ccc(N)cc2C)n1. The molecule has 0 aliphatic heterocycles. The van der Waals surface area contributed by atoms with Crippen molar-refractivity contribution in [2.24, 2.45) is 0 Å². The molecule has 0 saturated heterocycles. The summed E-state index contributed by atoms with van der Waals surface area (Å²) >= 11 is 0. The summed E-state index contributed by atoms with van der Waals surface area (Å²) < 4.78 is 5.36. The maximum absolute atomic E-state index is 5.75. The Morgan fingerprint density at radius 3 is 2.65 bits per heavy atom. The fourth-order valence-electron chi connectivity index (χ4n) is 2.09. The molecule has 100 valence electrons. The van der Waals surface area contributed by atoms with E-state index in [1.165, 1.54) is 0 Å². The average molecular weight is 266 g/mol. The van der Waals surface area contributed by atoms with Crippen LogP contribution < -0.4 is 5.73 Å². The second kappa shape index (κ2) is 4.77. The van der Waals surface area contributed by atoms with E-state index < -0.39 is 0 Å². The van der Waals surface area contributed by atoms with E-state index in [0.29, 0.717) is 11.7 Å². The molecule has 0 atom stereocenters. The number of rotatable bonds is 2. The summed E-state index contributed by atoms with van der Waals surface area (Å²) in [4.78, 5) is 8.51. The van der Waals surface area contributed by atoms with Crippen LogP contribution in [0.15, 0.2) is 41.2 Å². The number of hydrogen-bond donors (Lipinski definition) is 1. The van der Waals surface area contributed by atoms with E-state index in [4.69, 9.17) is 10.3 Å². The highest BCUT2D eigenvalue weighted by Gasteiger charge is 2.13. The van der Waals surface area contributed by atoms with Gasteiger partial charge in [-0.3, -0.25) is 4.98 Å². The molecule has 3 rings (SSSR count). The van der Waals surface area contributed by atoms with Crippen LogP contribution in [0.3, 0.4) is 0 Å². The fourth-order valence-corrected chi connectivity index (χ4v) is 2.09. The van der Waals surface area contributed by atoms with Crippen LogP contribution in [-0.4, -0.2) is 15.1 Å². The van der Waals surface area contributed by atoms with Crippen LogP contribution in [0.1, 0.15) is 11.1 Å². The van der Waals surface area contributed by atoms with Gasteiger partial charge in [0.15, 0.2) is 0 Å². The second-order valence-electron chi connectivity index (χ2n) is 4.69. The van der Waals surface area contributed by atoms with Crippen molar-refractivity contribution >= 4 is 5.69 Å². The first-order chi connectivity index (χ1) is 9.65. The summed E-state index contributed by atoms with van der Waals surface area (Å²) in [6.07, 6.45) is 3.49. The lowest BCUT2D eigenvalue weighted by molar-refractivity contribution is 0.432. The normalized spacial score (nSPS) is 10.7. The Balaban J connectivity index is 2.04. The van der Waals surface area contributed by atoms with Crippen LogP contribution in [0.5, 0.6) is 0 Å². The van der Waals surface area contributed by atoms with Crippen LogP contribution in [0.4, 0.5) is 5.69 Å². The molecule has 5 nitrogen and oxygen atoms in total. The zero-order chi connectivity index (χ0) is 14.1. The van der Waals surface area contributed by atoms with Gasteiger partial charge < -0.3 is 10.3 Å². The summed E-state index contributed by atoms with van der Waals surface area (Å²) in [6.45, 7) is 3.93. The van der Waals surface area contributed by atoms with E-state index in [1.54, 1.807) is 12.4 Å². The van der Waals surface area contributed by atoms with Crippen LogP contribution in [0, 0.1) is 13.8 Å². The molecule has 1 aromatic carbocycles. The molecule has 3 aromatic rings. The van der Waals surface area contributed by atoms with Gasteiger partial charge in [-0.1, -0.05) is 5.16 Å². The summed E-state index contributed by atoms with van der Waals surface area (Å²) in [7, 11) is 0. The Hall–Kier alpha value is -2.69. The zero-order valence-corrected chi connectivity index (χ0v) is 11.3. The molecule has 0 fully saturated rings. The minimum atomic E-state index is 0.494. The van der Waals surface area contributed by atoms with Crippen molar-refractivity contribution in [1.29, 1.82) is 0 Å². The van der Waals surface area contributed by atoms with E-state index in [0.717, 1.165) is 27.9 Å². The number of pyridine rings is 1. The molecule has 0 aliphatic carbocycles. The number of nitrogen functional groups attached to an aromatic ring is 1. The van der Waals surface area contributed by atoms with Crippen molar-refractivity contribution in [1.82, 2.24) is 15.1 Å². The molecule has 0 spiro atoms. The number of aromatic nitrogens is 3. The molecular formula is C15H14N4O. The Morgan fingerprint density at radius 1 is 1.05 bits per heavy atom. The summed E-state index contributed by atoms with van der Waals surface area (Å²) in [5.74, 6) is 1.06. The Morgan fingerprint density at radius 2 is 1.90 bits per heavy atom. The minimum Gasteiger partial charge on any atom is -0.399 e. The highest BCUT2D eigenvalue weighted by Crippen LogP contribution is 2.26. The highest BCUT2D eigenvalue weighted by atomic mass is 16.5. The van der Waals surface area contributed by atoms with Crippen LogP contribution >= 0.6 is 0 Å². The zero-order valence-electron chi connectivity index (χ0n) is 11.3. The van der Waals surface area contributed by atoms with Gasteiger partial charge in [0, 0.05) is 29.2 Å². The van der Waals surface area contributed by atoms with Gasteiger partial charge in [0.2, 0.25) is 5.82 Å². The predicted molar refractivity (Wildman–Crippen MR) is 76.9 cm³/mol. The van der Waals surface area contributed by atoms with E-state index in [9.17, 15) is 0 Å². The minimum absolute atomic E-state index is 0.494. The first-order valence-corrected chi connectivity index (χ1v) is 6.26. The lowest BCUT2D eigenvalue weighted by Gasteiger charge is -2.01. The molecule has 5 heteroatoms.